The number of hydrogen-bond donors (Lipinski definition) is 3. The van der Waals surface area contributed by atoms with Gasteiger partial charge in [-0.15, -0.1) is 0 Å². The molecule has 1 aromatic carbocycles. The molecule has 2 atom stereocenters. The minimum absolute atomic E-state index is 0.123. The van der Waals surface area contributed by atoms with Gasteiger partial charge in [-0.05, 0) is 56.3 Å². The van der Waals surface area contributed by atoms with Crippen LogP contribution in [0.5, 0.6) is 5.75 Å². The first-order valence-corrected chi connectivity index (χ1v) is 10.6. The number of nitrogens with zero attached hydrogens (tertiary/aromatic N) is 1. The molecule has 3 rings (SSSR count). The summed E-state index contributed by atoms with van der Waals surface area (Å²) in [7, 11) is -3.24. The van der Waals surface area contributed by atoms with E-state index in [-0.39, 0.29) is 23.0 Å². The predicted molar refractivity (Wildman–Crippen MR) is 99.3 cm³/mol. The van der Waals surface area contributed by atoms with E-state index >= 15 is 0 Å². The number of nitrogens with two attached hydrogens (primary N) is 1. The molecule has 2 heterocycles. The number of benzene rings is 1. The summed E-state index contributed by atoms with van der Waals surface area (Å²) >= 11 is 6.16. The lowest BCUT2D eigenvalue weighted by Gasteiger charge is -2.35. The maximum atomic E-state index is 12.7. The van der Waals surface area contributed by atoms with E-state index in [0.717, 1.165) is 12.1 Å². The van der Waals surface area contributed by atoms with E-state index in [2.05, 4.69) is 5.32 Å². The Morgan fingerprint density at radius 1 is 1.32 bits per heavy atom. The number of nitrogens with one attached hydrogen (secondary N) is 1. The van der Waals surface area contributed by atoms with Gasteiger partial charge in [-0.2, -0.15) is 0 Å². The number of phenols is 1. The van der Waals surface area contributed by atoms with Crippen LogP contribution in [0.2, 0.25) is 5.02 Å². The Morgan fingerprint density at radius 3 is 2.60 bits per heavy atom. The Morgan fingerprint density at radius 2 is 2.00 bits per heavy atom. The third kappa shape index (κ3) is 3.80. The second-order valence-electron chi connectivity index (χ2n) is 7.08. The Kier molecular flexibility index (Phi) is 5.60. The summed E-state index contributed by atoms with van der Waals surface area (Å²) in [4.78, 5) is 0. The second-order valence-corrected chi connectivity index (χ2v) is 9.70. The molecule has 0 radical (unpaired) electrons. The number of piperidine rings is 1. The monoisotopic (exact) mass is 387 g/mol. The van der Waals surface area contributed by atoms with Crippen molar-refractivity contribution in [2.45, 2.75) is 37.5 Å². The fourth-order valence-electron chi connectivity index (χ4n) is 3.79. The van der Waals surface area contributed by atoms with Crippen LogP contribution in [0.25, 0.3) is 0 Å². The molecule has 2 unspecified atom stereocenters. The molecule has 0 bridgehead atoms. The zero-order valence-corrected chi connectivity index (χ0v) is 16.0. The summed E-state index contributed by atoms with van der Waals surface area (Å²) in [5.41, 5.74) is 7.81. The van der Waals surface area contributed by atoms with Gasteiger partial charge < -0.3 is 16.2 Å². The molecule has 2 aliphatic rings. The smallest absolute Gasteiger partial charge is 0.218 e. The molecule has 2 aliphatic heterocycles. The molecule has 0 aliphatic carbocycles. The topological polar surface area (TPSA) is 95.7 Å². The molecule has 0 saturated carbocycles. The van der Waals surface area contributed by atoms with Crippen LogP contribution in [-0.2, 0) is 10.0 Å². The van der Waals surface area contributed by atoms with Crippen LogP contribution >= 0.6 is 11.6 Å². The molecule has 25 heavy (non-hydrogen) atoms. The quantitative estimate of drug-likeness (QED) is 0.731. The number of sulfonamides is 1. The van der Waals surface area contributed by atoms with Crippen LogP contribution in [0.3, 0.4) is 0 Å². The van der Waals surface area contributed by atoms with Crippen molar-refractivity contribution in [3.05, 3.63) is 28.3 Å². The first-order valence-electron chi connectivity index (χ1n) is 8.75. The van der Waals surface area contributed by atoms with Gasteiger partial charge >= 0.3 is 0 Å². The molecule has 140 valence electrons. The lowest BCUT2D eigenvalue weighted by molar-refractivity contribution is 0.242. The molecule has 2 saturated heterocycles. The molecule has 8 heteroatoms. The number of rotatable bonds is 4. The van der Waals surface area contributed by atoms with Crippen molar-refractivity contribution in [1.82, 2.24) is 9.62 Å². The van der Waals surface area contributed by atoms with E-state index in [1.165, 1.54) is 0 Å². The Hall–Kier alpha value is -0.860. The van der Waals surface area contributed by atoms with Crippen molar-refractivity contribution < 1.29 is 13.5 Å². The molecule has 0 spiro atoms. The van der Waals surface area contributed by atoms with Crippen LogP contribution in [0.4, 0.5) is 0 Å². The largest absolute Gasteiger partial charge is 0.508 e. The van der Waals surface area contributed by atoms with Crippen molar-refractivity contribution in [2.24, 2.45) is 11.7 Å². The lowest BCUT2D eigenvalue weighted by Crippen LogP contribution is -2.45. The summed E-state index contributed by atoms with van der Waals surface area (Å²) in [6, 6.07) is 3.00. The number of halogens is 1. The molecule has 0 aromatic heterocycles. The average Bonchev–Trinajstić information content (AvgIpc) is 3.13. The highest BCUT2D eigenvalue weighted by Crippen LogP contribution is 2.36. The highest BCUT2D eigenvalue weighted by atomic mass is 35.5. The van der Waals surface area contributed by atoms with E-state index < -0.39 is 10.0 Å². The molecule has 1 aromatic rings. The van der Waals surface area contributed by atoms with Crippen LogP contribution < -0.4 is 11.1 Å². The van der Waals surface area contributed by atoms with Gasteiger partial charge in [-0.3, -0.25) is 0 Å². The molecule has 0 amide bonds. The van der Waals surface area contributed by atoms with Crippen LogP contribution in [0, 0.1) is 12.8 Å². The highest BCUT2D eigenvalue weighted by Gasteiger charge is 2.37. The average molecular weight is 388 g/mol. The van der Waals surface area contributed by atoms with E-state index in [9.17, 15) is 13.5 Å². The van der Waals surface area contributed by atoms with Gasteiger partial charge in [0.1, 0.15) is 5.75 Å². The van der Waals surface area contributed by atoms with E-state index in [1.807, 2.05) is 6.92 Å². The standard InChI is InChI=1S/C17H26ClN3O3S/c1-11-8-16(22)14(9-15(11)18)17(19)12-3-6-21(7-4-12)25(23,24)13-2-5-20-10-13/h8-9,12-13,17,20,22H,2-7,10,19H2,1H3. The fraction of sp³-hybridized carbons (Fsp3) is 0.647. The van der Waals surface area contributed by atoms with Crippen LogP contribution in [0.15, 0.2) is 12.1 Å². The van der Waals surface area contributed by atoms with Crippen LogP contribution in [0.1, 0.15) is 36.4 Å². The molecule has 6 nitrogen and oxygen atoms in total. The van der Waals surface area contributed by atoms with Gasteiger partial charge in [0.15, 0.2) is 0 Å². The third-order valence-corrected chi connectivity index (χ3v) is 8.21. The molecule has 2 fully saturated rings. The third-order valence-electron chi connectivity index (χ3n) is 5.47. The van der Waals surface area contributed by atoms with Crippen LogP contribution in [-0.4, -0.2) is 49.3 Å². The van der Waals surface area contributed by atoms with Gasteiger partial charge in [-0.25, -0.2) is 12.7 Å². The Balaban J connectivity index is 1.67. The van der Waals surface area contributed by atoms with Gasteiger partial charge in [-0.1, -0.05) is 11.6 Å². The number of phenolic OH excluding ortho intramolecular Hbond substituents is 1. The minimum Gasteiger partial charge on any atom is -0.508 e. The first kappa shape index (κ1) is 18.9. The summed E-state index contributed by atoms with van der Waals surface area (Å²) < 4.78 is 26.9. The zero-order chi connectivity index (χ0) is 18.2. The van der Waals surface area contributed by atoms with Gasteiger partial charge in [0.2, 0.25) is 10.0 Å². The van der Waals surface area contributed by atoms with E-state index in [0.29, 0.717) is 49.5 Å². The number of hydrogen-bond acceptors (Lipinski definition) is 5. The molecular formula is C17H26ClN3O3S. The van der Waals surface area contributed by atoms with Crippen molar-refractivity contribution in [2.75, 3.05) is 26.2 Å². The lowest BCUT2D eigenvalue weighted by atomic mass is 9.86. The second kappa shape index (κ2) is 7.40. The number of aromatic hydroxyl groups is 1. The molecular weight excluding hydrogens is 362 g/mol. The van der Waals surface area contributed by atoms with Crippen molar-refractivity contribution >= 4 is 21.6 Å². The summed E-state index contributed by atoms with van der Waals surface area (Å²) in [6.45, 7) is 4.10. The SMILES string of the molecule is Cc1cc(O)c(C(N)C2CCN(S(=O)(=O)C3CCNC3)CC2)cc1Cl. The molecule has 4 N–H and O–H groups in total. The van der Waals surface area contributed by atoms with Crippen molar-refractivity contribution in [3.8, 4) is 5.75 Å². The predicted octanol–water partition coefficient (Wildman–Crippen LogP) is 1.76. The van der Waals surface area contributed by atoms with Gasteiger partial charge in [0, 0.05) is 36.3 Å². The van der Waals surface area contributed by atoms with Gasteiger partial charge in [0.05, 0.1) is 5.25 Å². The Bertz CT molecular complexity index is 727. The van der Waals surface area contributed by atoms with E-state index in [1.54, 1.807) is 16.4 Å². The highest BCUT2D eigenvalue weighted by molar-refractivity contribution is 7.89. The van der Waals surface area contributed by atoms with Crippen molar-refractivity contribution in [3.63, 3.8) is 0 Å². The fourth-order valence-corrected chi connectivity index (χ4v) is 5.84. The first-order chi connectivity index (χ1) is 11.8. The summed E-state index contributed by atoms with van der Waals surface area (Å²) in [5.74, 6) is 0.277. The minimum atomic E-state index is -3.24. The van der Waals surface area contributed by atoms with Crippen molar-refractivity contribution in [1.29, 1.82) is 0 Å². The maximum absolute atomic E-state index is 12.7. The summed E-state index contributed by atoms with van der Waals surface area (Å²) in [5, 5.41) is 13.6. The normalized spacial score (nSPS) is 24.5. The summed E-state index contributed by atoms with van der Waals surface area (Å²) in [6.07, 6.45) is 2.05. The Labute approximate surface area is 154 Å². The van der Waals surface area contributed by atoms with Gasteiger partial charge in [0.25, 0.3) is 0 Å². The number of aryl methyl sites for hydroxylation is 1. The zero-order valence-electron chi connectivity index (χ0n) is 14.4. The van der Waals surface area contributed by atoms with E-state index in [4.69, 9.17) is 17.3 Å². The maximum Gasteiger partial charge on any atom is 0.218 e.